The molecule has 0 bridgehead atoms. The molecule has 0 aliphatic carbocycles. The van der Waals surface area contributed by atoms with Gasteiger partial charge in [-0.2, -0.15) is 5.26 Å². The van der Waals surface area contributed by atoms with E-state index in [9.17, 15) is 0 Å². The molecule has 5 heteroatoms. The molecule has 0 aliphatic heterocycles. The first-order chi connectivity index (χ1) is 9.70. The van der Waals surface area contributed by atoms with Crippen molar-refractivity contribution >= 4 is 31.9 Å². The molecule has 0 atom stereocenters. The SMILES string of the molecule is N#Cc1ccccc1OCCOc1ccc(Br)cc1Br. The fraction of sp³-hybridized carbons (Fsp3) is 0.133. The summed E-state index contributed by atoms with van der Waals surface area (Å²) in [5, 5.41) is 8.94. The van der Waals surface area contributed by atoms with Crippen LogP contribution in [0.25, 0.3) is 0 Å². The van der Waals surface area contributed by atoms with Crippen LogP contribution in [0.4, 0.5) is 0 Å². The summed E-state index contributed by atoms with van der Waals surface area (Å²) in [7, 11) is 0. The highest BCUT2D eigenvalue weighted by molar-refractivity contribution is 9.11. The van der Waals surface area contributed by atoms with E-state index in [1.165, 1.54) is 0 Å². The van der Waals surface area contributed by atoms with E-state index >= 15 is 0 Å². The van der Waals surface area contributed by atoms with Crippen LogP contribution in [0.3, 0.4) is 0 Å². The van der Waals surface area contributed by atoms with Gasteiger partial charge in [-0.15, -0.1) is 0 Å². The lowest BCUT2D eigenvalue weighted by Gasteiger charge is -2.10. The number of ether oxygens (including phenoxy) is 2. The van der Waals surface area contributed by atoms with Crippen molar-refractivity contribution in [2.45, 2.75) is 0 Å². The van der Waals surface area contributed by atoms with E-state index in [2.05, 4.69) is 37.9 Å². The summed E-state index contributed by atoms with van der Waals surface area (Å²) in [6, 6.07) is 14.9. The maximum absolute atomic E-state index is 8.94. The van der Waals surface area contributed by atoms with E-state index < -0.39 is 0 Å². The minimum absolute atomic E-state index is 0.376. The van der Waals surface area contributed by atoms with Gasteiger partial charge in [0.2, 0.25) is 0 Å². The van der Waals surface area contributed by atoms with Crippen molar-refractivity contribution in [1.29, 1.82) is 5.26 Å². The van der Waals surface area contributed by atoms with Crippen molar-refractivity contribution in [2.24, 2.45) is 0 Å². The van der Waals surface area contributed by atoms with Crippen LogP contribution in [0, 0.1) is 11.3 Å². The molecule has 2 rings (SSSR count). The molecular weight excluding hydrogens is 386 g/mol. The first-order valence-corrected chi connectivity index (χ1v) is 7.49. The Hall–Kier alpha value is -1.51. The molecule has 0 radical (unpaired) electrons. The van der Waals surface area contributed by atoms with Gasteiger partial charge in [-0.25, -0.2) is 0 Å². The van der Waals surface area contributed by atoms with Gasteiger partial charge in [0.25, 0.3) is 0 Å². The van der Waals surface area contributed by atoms with Gasteiger partial charge in [-0.3, -0.25) is 0 Å². The molecule has 3 nitrogen and oxygen atoms in total. The monoisotopic (exact) mass is 395 g/mol. The molecule has 0 aromatic heterocycles. The summed E-state index contributed by atoms with van der Waals surface area (Å²) in [6.07, 6.45) is 0. The van der Waals surface area contributed by atoms with E-state index in [1.54, 1.807) is 18.2 Å². The summed E-state index contributed by atoms with van der Waals surface area (Å²) in [5.41, 5.74) is 0.525. The lowest BCUT2D eigenvalue weighted by Crippen LogP contribution is -2.09. The van der Waals surface area contributed by atoms with Gasteiger partial charge in [0.05, 0.1) is 10.0 Å². The zero-order valence-corrected chi connectivity index (χ0v) is 13.6. The predicted octanol–water partition coefficient (Wildman–Crippen LogP) is 4.54. The van der Waals surface area contributed by atoms with Crippen LogP contribution >= 0.6 is 31.9 Å². The lowest BCUT2D eigenvalue weighted by molar-refractivity contribution is 0.216. The van der Waals surface area contributed by atoms with Gasteiger partial charge in [0.15, 0.2) is 0 Å². The third-order valence-electron chi connectivity index (χ3n) is 2.50. The van der Waals surface area contributed by atoms with Crippen molar-refractivity contribution in [3.05, 3.63) is 57.0 Å². The highest BCUT2D eigenvalue weighted by atomic mass is 79.9. The number of para-hydroxylation sites is 1. The minimum Gasteiger partial charge on any atom is -0.489 e. The summed E-state index contributed by atoms with van der Waals surface area (Å²) in [4.78, 5) is 0. The molecule has 0 amide bonds. The van der Waals surface area contributed by atoms with E-state index in [0.717, 1.165) is 14.7 Å². The van der Waals surface area contributed by atoms with Crippen molar-refractivity contribution in [3.8, 4) is 17.6 Å². The number of rotatable bonds is 5. The van der Waals surface area contributed by atoms with Gasteiger partial charge in [-0.05, 0) is 46.3 Å². The Bertz CT molecular complexity index is 638. The molecule has 0 saturated carbocycles. The second-order valence-electron chi connectivity index (χ2n) is 3.88. The Morgan fingerprint density at radius 3 is 2.35 bits per heavy atom. The highest BCUT2D eigenvalue weighted by Crippen LogP contribution is 2.28. The number of nitriles is 1. The third-order valence-corrected chi connectivity index (χ3v) is 3.61. The van der Waals surface area contributed by atoms with Crippen molar-refractivity contribution < 1.29 is 9.47 Å². The molecule has 0 aliphatic rings. The smallest absolute Gasteiger partial charge is 0.137 e. The Morgan fingerprint density at radius 1 is 0.950 bits per heavy atom. The van der Waals surface area contributed by atoms with Crippen molar-refractivity contribution in [3.63, 3.8) is 0 Å². The fourth-order valence-corrected chi connectivity index (χ4v) is 2.74. The van der Waals surface area contributed by atoms with Crippen LogP contribution in [0.15, 0.2) is 51.4 Å². The molecule has 0 saturated heterocycles. The van der Waals surface area contributed by atoms with Crippen LogP contribution in [0.2, 0.25) is 0 Å². The Balaban J connectivity index is 1.86. The standard InChI is InChI=1S/C15H11Br2NO2/c16-12-5-6-15(13(17)9-12)20-8-7-19-14-4-2-1-3-11(14)10-18/h1-6,9H,7-8H2. The molecule has 20 heavy (non-hydrogen) atoms. The lowest BCUT2D eigenvalue weighted by atomic mass is 10.2. The molecule has 0 unspecified atom stereocenters. The summed E-state index contributed by atoms with van der Waals surface area (Å²) >= 11 is 6.81. The van der Waals surface area contributed by atoms with E-state index in [4.69, 9.17) is 14.7 Å². The van der Waals surface area contributed by atoms with Crippen molar-refractivity contribution in [2.75, 3.05) is 13.2 Å². The van der Waals surface area contributed by atoms with Crippen LogP contribution in [0.5, 0.6) is 11.5 Å². The van der Waals surface area contributed by atoms with Crippen LogP contribution in [0.1, 0.15) is 5.56 Å². The predicted molar refractivity (Wildman–Crippen MR) is 84.0 cm³/mol. The Morgan fingerprint density at radius 2 is 1.65 bits per heavy atom. The second kappa shape index (κ2) is 7.32. The van der Waals surface area contributed by atoms with Gasteiger partial charge >= 0.3 is 0 Å². The molecule has 2 aromatic rings. The molecule has 2 aromatic carbocycles. The van der Waals surface area contributed by atoms with Gasteiger partial charge in [0.1, 0.15) is 30.8 Å². The Labute approximate surface area is 134 Å². The normalized spacial score (nSPS) is 9.85. The molecule has 0 heterocycles. The number of hydrogen-bond donors (Lipinski definition) is 0. The largest absolute Gasteiger partial charge is 0.489 e. The van der Waals surface area contributed by atoms with Crippen LogP contribution in [-0.4, -0.2) is 13.2 Å². The molecule has 0 spiro atoms. The van der Waals surface area contributed by atoms with E-state index in [-0.39, 0.29) is 0 Å². The molecule has 102 valence electrons. The quantitative estimate of drug-likeness (QED) is 0.696. The summed E-state index contributed by atoms with van der Waals surface area (Å²) in [5.74, 6) is 1.33. The first-order valence-electron chi connectivity index (χ1n) is 5.90. The van der Waals surface area contributed by atoms with Crippen LogP contribution < -0.4 is 9.47 Å². The van der Waals surface area contributed by atoms with E-state index in [0.29, 0.717) is 24.5 Å². The molecular formula is C15H11Br2NO2. The maximum atomic E-state index is 8.94. The maximum Gasteiger partial charge on any atom is 0.137 e. The average molecular weight is 397 g/mol. The topological polar surface area (TPSA) is 42.2 Å². The zero-order chi connectivity index (χ0) is 14.4. The van der Waals surface area contributed by atoms with Gasteiger partial charge < -0.3 is 9.47 Å². The molecule has 0 N–H and O–H groups in total. The van der Waals surface area contributed by atoms with Crippen LogP contribution in [-0.2, 0) is 0 Å². The van der Waals surface area contributed by atoms with Crippen molar-refractivity contribution in [1.82, 2.24) is 0 Å². The van der Waals surface area contributed by atoms with E-state index in [1.807, 2.05) is 24.3 Å². The summed E-state index contributed by atoms with van der Waals surface area (Å²) < 4.78 is 13.0. The zero-order valence-electron chi connectivity index (χ0n) is 10.5. The fourth-order valence-electron chi connectivity index (χ4n) is 1.58. The molecule has 0 fully saturated rings. The third kappa shape index (κ3) is 3.99. The number of nitrogens with zero attached hydrogens (tertiary/aromatic N) is 1. The average Bonchev–Trinajstić information content (AvgIpc) is 2.46. The number of benzene rings is 2. The van der Waals surface area contributed by atoms with Gasteiger partial charge in [-0.1, -0.05) is 28.1 Å². The second-order valence-corrected chi connectivity index (χ2v) is 5.65. The summed E-state index contributed by atoms with van der Waals surface area (Å²) in [6.45, 7) is 0.779. The van der Waals surface area contributed by atoms with Gasteiger partial charge in [0, 0.05) is 4.47 Å². The number of hydrogen-bond acceptors (Lipinski definition) is 3. The number of halogens is 2. The minimum atomic E-state index is 0.376. The Kier molecular flexibility index (Phi) is 5.45. The first kappa shape index (κ1) is 14.9. The highest BCUT2D eigenvalue weighted by Gasteiger charge is 2.03.